The molecular formula is C25H21BrN2O2. The Balaban J connectivity index is 1.41. The van der Waals surface area contributed by atoms with Crippen LogP contribution in [0.2, 0.25) is 0 Å². The first-order chi connectivity index (χ1) is 14.7. The summed E-state index contributed by atoms with van der Waals surface area (Å²) in [7, 11) is 0. The minimum absolute atomic E-state index is 0.0453. The van der Waals surface area contributed by atoms with E-state index in [4.69, 9.17) is 4.42 Å². The molecule has 5 heteroatoms. The monoisotopic (exact) mass is 460 g/mol. The molecule has 4 aromatic rings. The van der Waals surface area contributed by atoms with Gasteiger partial charge in [-0.3, -0.25) is 4.79 Å². The molecule has 1 amide bonds. The molecule has 30 heavy (non-hydrogen) atoms. The standard InChI is InChI=1S/C25H21BrN2O2/c26-21-13-11-18(12-14-21)22-17-27-24(30-22)16-15-23(29)28-25(19-7-3-1-4-8-19)20-9-5-2-6-10-20/h1-14,17,25H,15-16H2,(H,28,29). The smallest absolute Gasteiger partial charge is 0.221 e. The molecule has 0 bridgehead atoms. The van der Waals surface area contributed by atoms with Gasteiger partial charge in [0.1, 0.15) is 0 Å². The van der Waals surface area contributed by atoms with Crippen LogP contribution >= 0.6 is 15.9 Å². The van der Waals surface area contributed by atoms with Gasteiger partial charge in [0, 0.05) is 22.9 Å². The Morgan fingerprint density at radius 1 is 0.900 bits per heavy atom. The van der Waals surface area contributed by atoms with Gasteiger partial charge in [0.15, 0.2) is 11.7 Å². The van der Waals surface area contributed by atoms with E-state index >= 15 is 0 Å². The van der Waals surface area contributed by atoms with Crippen LogP contribution in [0.5, 0.6) is 0 Å². The number of hydrogen-bond donors (Lipinski definition) is 1. The summed E-state index contributed by atoms with van der Waals surface area (Å²) in [6, 6.07) is 27.6. The number of hydrogen-bond acceptors (Lipinski definition) is 3. The molecule has 0 aliphatic rings. The maximum atomic E-state index is 12.7. The second kappa shape index (κ2) is 9.55. The van der Waals surface area contributed by atoms with Crippen LogP contribution in [0.1, 0.15) is 29.5 Å². The molecule has 4 nitrogen and oxygen atoms in total. The average molecular weight is 461 g/mol. The molecule has 0 radical (unpaired) electrons. The summed E-state index contributed by atoms with van der Waals surface area (Å²) in [5, 5.41) is 3.15. The summed E-state index contributed by atoms with van der Waals surface area (Å²) in [6.07, 6.45) is 2.45. The predicted molar refractivity (Wildman–Crippen MR) is 121 cm³/mol. The lowest BCUT2D eigenvalue weighted by Crippen LogP contribution is -2.29. The number of carbonyl (C=O) groups is 1. The maximum absolute atomic E-state index is 12.7. The topological polar surface area (TPSA) is 55.1 Å². The van der Waals surface area contributed by atoms with Crippen LogP contribution in [0.25, 0.3) is 11.3 Å². The number of rotatable bonds is 7. The molecule has 1 heterocycles. The van der Waals surface area contributed by atoms with Crippen molar-refractivity contribution in [2.75, 3.05) is 0 Å². The van der Waals surface area contributed by atoms with Crippen LogP contribution in [0.4, 0.5) is 0 Å². The highest BCUT2D eigenvalue weighted by atomic mass is 79.9. The SMILES string of the molecule is O=C(CCc1ncc(-c2ccc(Br)cc2)o1)NC(c1ccccc1)c1ccccc1. The van der Waals surface area contributed by atoms with E-state index in [-0.39, 0.29) is 11.9 Å². The fourth-order valence-corrected chi connectivity index (χ4v) is 3.54. The molecule has 0 aliphatic heterocycles. The Bertz CT molecular complexity index is 1050. The molecule has 3 aromatic carbocycles. The third-order valence-electron chi connectivity index (χ3n) is 4.82. The summed E-state index contributed by atoms with van der Waals surface area (Å²) < 4.78 is 6.84. The molecule has 0 fully saturated rings. The lowest BCUT2D eigenvalue weighted by atomic mass is 9.98. The number of benzene rings is 3. The highest BCUT2D eigenvalue weighted by Gasteiger charge is 2.17. The van der Waals surface area contributed by atoms with E-state index in [0.717, 1.165) is 21.2 Å². The second-order valence-corrected chi connectivity index (χ2v) is 7.86. The van der Waals surface area contributed by atoms with Crippen LogP contribution in [0.3, 0.4) is 0 Å². The van der Waals surface area contributed by atoms with E-state index < -0.39 is 0 Å². The van der Waals surface area contributed by atoms with Crippen LogP contribution in [0, 0.1) is 0 Å². The van der Waals surface area contributed by atoms with E-state index in [1.54, 1.807) is 6.20 Å². The van der Waals surface area contributed by atoms with Gasteiger partial charge in [-0.1, -0.05) is 88.7 Å². The van der Waals surface area contributed by atoms with E-state index in [9.17, 15) is 4.79 Å². The first-order valence-corrected chi connectivity index (χ1v) is 10.6. The van der Waals surface area contributed by atoms with E-state index in [2.05, 4.69) is 26.2 Å². The number of aryl methyl sites for hydroxylation is 1. The van der Waals surface area contributed by atoms with Gasteiger partial charge in [0.2, 0.25) is 5.91 Å². The number of amides is 1. The molecule has 0 saturated heterocycles. The van der Waals surface area contributed by atoms with Crippen molar-refractivity contribution in [2.24, 2.45) is 0 Å². The second-order valence-electron chi connectivity index (χ2n) is 6.95. The van der Waals surface area contributed by atoms with E-state index in [1.165, 1.54) is 0 Å². The zero-order valence-electron chi connectivity index (χ0n) is 16.3. The fraction of sp³-hybridized carbons (Fsp3) is 0.120. The van der Waals surface area contributed by atoms with Gasteiger partial charge in [-0.15, -0.1) is 0 Å². The minimum atomic E-state index is -0.192. The van der Waals surface area contributed by atoms with Crippen LogP contribution in [0.15, 0.2) is 100 Å². The van der Waals surface area contributed by atoms with Crippen molar-refractivity contribution in [3.63, 3.8) is 0 Å². The van der Waals surface area contributed by atoms with Crippen molar-refractivity contribution in [3.05, 3.63) is 113 Å². The maximum Gasteiger partial charge on any atom is 0.221 e. The predicted octanol–water partition coefficient (Wildman–Crippen LogP) is 5.94. The normalized spacial score (nSPS) is 10.9. The molecule has 0 atom stereocenters. The number of oxazole rings is 1. The Labute approximate surface area is 184 Å². The Kier molecular flexibility index (Phi) is 6.40. The highest BCUT2D eigenvalue weighted by molar-refractivity contribution is 9.10. The molecule has 150 valence electrons. The molecule has 0 unspecified atom stereocenters. The largest absolute Gasteiger partial charge is 0.441 e. The Hall–Kier alpha value is -3.18. The van der Waals surface area contributed by atoms with Gasteiger partial charge in [-0.05, 0) is 23.3 Å². The van der Waals surface area contributed by atoms with Crippen molar-refractivity contribution in [1.29, 1.82) is 0 Å². The summed E-state index contributed by atoms with van der Waals surface area (Å²) in [4.78, 5) is 17.0. The van der Waals surface area contributed by atoms with Gasteiger partial charge in [0.25, 0.3) is 0 Å². The van der Waals surface area contributed by atoms with Gasteiger partial charge in [-0.25, -0.2) is 4.98 Å². The average Bonchev–Trinajstić information content (AvgIpc) is 3.27. The van der Waals surface area contributed by atoms with Crippen LogP contribution in [-0.2, 0) is 11.2 Å². The van der Waals surface area contributed by atoms with E-state index in [0.29, 0.717) is 24.5 Å². The van der Waals surface area contributed by atoms with Crippen LogP contribution in [-0.4, -0.2) is 10.9 Å². The highest BCUT2D eigenvalue weighted by Crippen LogP contribution is 2.24. The van der Waals surface area contributed by atoms with Gasteiger partial charge in [0.05, 0.1) is 12.2 Å². The van der Waals surface area contributed by atoms with Crippen molar-refractivity contribution >= 4 is 21.8 Å². The number of aromatic nitrogens is 1. The minimum Gasteiger partial charge on any atom is -0.441 e. The summed E-state index contributed by atoms with van der Waals surface area (Å²) in [5.74, 6) is 1.21. The van der Waals surface area contributed by atoms with Gasteiger partial charge < -0.3 is 9.73 Å². The first kappa shape index (κ1) is 20.1. The quantitative estimate of drug-likeness (QED) is 0.371. The van der Waals surface area contributed by atoms with Gasteiger partial charge in [-0.2, -0.15) is 0 Å². The molecule has 1 aromatic heterocycles. The third-order valence-corrected chi connectivity index (χ3v) is 5.35. The lowest BCUT2D eigenvalue weighted by molar-refractivity contribution is -0.121. The number of nitrogens with zero attached hydrogens (tertiary/aromatic N) is 1. The zero-order valence-corrected chi connectivity index (χ0v) is 17.9. The van der Waals surface area contributed by atoms with Crippen molar-refractivity contribution in [2.45, 2.75) is 18.9 Å². The van der Waals surface area contributed by atoms with Crippen molar-refractivity contribution in [1.82, 2.24) is 10.3 Å². The Morgan fingerprint density at radius 3 is 2.10 bits per heavy atom. The molecule has 1 N–H and O–H groups in total. The molecule has 0 aliphatic carbocycles. The van der Waals surface area contributed by atoms with Crippen molar-refractivity contribution in [3.8, 4) is 11.3 Å². The summed E-state index contributed by atoms with van der Waals surface area (Å²) >= 11 is 3.43. The van der Waals surface area contributed by atoms with Crippen LogP contribution < -0.4 is 5.32 Å². The molecule has 4 rings (SSSR count). The number of carbonyl (C=O) groups excluding carboxylic acids is 1. The molecule has 0 spiro atoms. The molecule has 0 saturated carbocycles. The summed E-state index contributed by atoms with van der Waals surface area (Å²) in [6.45, 7) is 0. The van der Waals surface area contributed by atoms with Gasteiger partial charge >= 0.3 is 0 Å². The van der Waals surface area contributed by atoms with Crippen molar-refractivity contribution < 1.29 is 9.21 Å². The van der Waals surface area contributed by atoms with E-state index in [1.807, 2.05) is 84.9 Å². The number of halogens is 1. The fourth-order valence-electron chi connectivity index (χ4n) is 3.28. The Morgan fingerprint density at radius 2 is 1.50 bits per heavy atom. The third kappa shape index (κ3) is 5.05. The first-order valence-electron chi connectivity index (χ1n) is 9.79. The zero-order chi connectivity index (χ0) is 20.8. The summed E-state index contributed by atoms with van der Waals surface area (Å²) in [5.41, 5.74) is 3.05. The lowest BCUT2D eigenvalue weighted by Gasteiger charge is -2.19. The number of nitrogens with one attached hydrogen (secondary N) is 1. The molecular weight excluding hydrogens is 440 g/mol.